The topological polar surface area (TPSA) is 24.5 Å². The molecule has 1 unspecified atom stereocenters. The Balaban J connectivity index is 2.46. The van der Waals surface area contributed by atoms with E-state index in [1.807, 2.05) is 0 Å². The average molecular weight is 200 g/mol. The van der Waals surface area contributed by atoms with Crippen molar-refractivity contribution in [2.24, 2.45) is 5.92 Å². The standard InChI is InChI=1S/C11H24N2O/c1-10(2)11(9-14-3)13-7-4-5-12-6-8-13/h10-12H,4-9H2,1-3H3. The zero-order valence-electron chi connectivity index (χ0n) is 9.75. The number of rotatable bonds is 4. The molecule has 0 amide bonds. The molecule has 1 saturated heterocycles. The molecule has 0 aromatic heterocycles. The summed E-state index contributed by atoms with van der Waals surface area (Å²) in [7, 11) is 1.80. The summed E-state index contributed by atoms with van der Waals surface area (Å²) in [6.45, 7) is 10.1. The average Bonchev–Trinajstić information content (AvgIpc) is 2.41. The lowest BCUT2D eigenvalue weighted by Crippen LogP contribution is -2.43. The lowest BCUT2D eigenvalue weighted by Gasteiger charge is -2.32. The van der Waals surface area contributed by atoms with E-state index in [0.29, 0.717) is 12.0 Å². The maximum absolute atomic E-state index is 5.30. The first-order valence-corrected chi connectivity index (χ1v) is 5.69. The minimum absolute atomic E-state index is 0.583. The molecule has 0 spiro atoms. The lowest BCUT2D eigenvalue weighted by molar-refractivity contribution is 0.0683. The van der Waals surface area contributed by atoms with E-state index in [1.54, 1.807) is 7.11 Å². The first-order valence-electron chi connectivity index (χ1n) is 5.69. The fraction of sp³-hybridized carbons (Fsp3) is 1.00. The molecule has 1 aliphatic heterocycles. The maximum atomic E-state index is 5.30. The van der Waals surface area contributed by atoms with Crippen LogP contribution in [-0.2, 0) is 4.74 Å². The molecule has 3 heteroatoms. The molecule has 1 rings (SSSR count). The van der Waals surface area contributed by atoms with Crippen LogP contribution in [0.5, 0.6) is 0 Å². The van der Waals surface area contributed by atoms with Crippen LogP contribution in [0.15, 0.2) is 0 Å². The van der Waals surface area contributed by atoms with Gasteiger partial charge in [0.2, 0.25) is 0 Å². The van der Waals surface area contributed by atoms with Crippen LogP contribution in [0.2, 0.25) is 0 Å². The Kier molecular flexibility index (Phi) is 5.45. The molecule has 3 nitrogen and oxygen atoms in total. The molecule has 1 heterocycles. The first kappa shape index (κ1) is 12.0. The molecule has 0 radical (unpaired) electrons. The molecule has 0 saturated carbocycles. The van der Waals surface area contributed by atoms with E-state index in [1.165, 1.54) is 13.0 Å². The predicted molar refractivity (Wildman–Crippen MR) is 59.6 cm³/mol. The summed E-state index contributed by atoms with van der Waals surface area (Å²) in [6, 6.07) is 0.583. The number of ether oxygens (including phenoxy) is 1. The van der Waals surface area contributed by atoms with Gasteiger partial charge in [0, 0.05) is 26.2 Å². The van der Waals surface area contributed by atoms with Crippen molar-refractivity contribution in [3.8, 4) is 0 Å². The molecule has 0 aliphatic carbocycles. The smallest absolute Gasteiger partial charge is 0.0620 e. The third kappa shape index (κ3) is 3.56. The van der Waals surface area contributed by atoms with Crippen molar-refractivity contribution in [3.63, 3.8) is 0 Å². The summed E-state index contributed by atoms with van der Waals surface area (Å²) in [5.74, 6) is 0.674. The van der Waals surface area contributed by atoms with Gasteiger partial charge in [0.05, 0.1) is 6.61 Å². The van der Waals surface area contributed by atoms with Crippen LogP contribution >= 0.6 is 0 Å². The van der Waals surface area contributed by atoms with E-state index in [-0.39, 0.29) is 0 Å². The van der Waals surface area contributed by atoms with Crippen LogP contribution in [-0.4, -0.2) is 50.8 Å². The largest absolute Gasteiger partial charge is 0.383 e. The second-order valence-corrected chi connectivity index (χ2v) is 4.41. The van der Waals surface area contributed by atoms with E-state index in [0.717, 1.165) is 26.2 Å². The predicted octanol–water partition coefficient (Wildman–Crippen LogP) is 0.953. The summed E-state index contributed by atoms with van der Waals surface area (Å²) in [4.78, 5) is 2.56. The molecule has 0 bridgehead atoms. The molecule has 84 valence electrons. The molecular formula is C11H24N2O. The number of hydrogen-bond donors (Lipinski definition) is 1. The Hall–Kier alpha value is -0.120. The minimum Gasteiger partial charge on any atom is -0.383 e. The summed E-state index contributed by atoms with van der Waals surface area (Å²) in [5, 5.41) is 3.43. The maximum Gasteiger partial charge on any atom is 0.0620 e. The van der Waals surface area contributed by atoms with Gasteiger partial charge in [-0.1, -0.05) is 13.8 Å². The van der Waals surface area contributed by atoms with Crippen LogP contribution in [0, 0.1) is 5.92 Å². The Labute approximate surface area is 87.8 Å². The molecule has 0 aromatic rings. The van der Waals surface area contributed by atoms with Gasteiger partial charge in [0.15, 0.2) is 0 Å². The zero-order valence-corrected chi connectivity index (χ0v) is 9.75. The fourth-order valence-electron chi connectivity index (χ4n) is 2.09. The quantitative estimate of drug-likeness (QED) is 0.731. The Morgan fingerprint density at radius 2 is 2.07 bits per heavy atom. The number of nitrogens with zero attached hydrogens (tertiary/aromatic N) is 1. The van der Waals surface area contributed by atoms with E-state index < -0.39 is 0 Å². The van der Waals surface area contributed by atoms with Gasteiger partial charge < -0.3 is 10.1 Å². The second-order valence-electron chi connectivity index (χ2n) is 4.41. The third-order valence-electron chi connectivity index (χ3n) is 2.95. The third-order valence-corrected chi connectivity index (χ3v) is 2.95. The van der Waals surface area contributed by atoms with Gasteiger partial charge in [-0.3, -0.25) is 4.90 Å². The summed E-state index contributed by atoms with van der Waals surface area (Å²) < 4.78 is 5.30. The summed E-state index contributed by atoms with van der Waals surface area (Å²) in [6.07, 6.45) is 1.26. The molecule has 1 aliphatic rings. The molecule has 0 aromatic carbocycles. The highest BCUT2D eigenvalue weighted by Crippen LogP contribution is 2.12. The van der Waals surface area contributed by atoms with Gasteiger partial charge in [-0.2, -0.15) is 0 Å². The second kappa shape index (κ2) is 6.38. The Bertz CT molecular complexity index is 142. The monoisotopic (exact) mass is 200 g/mol. The van der Waals surface area contributed by atoms with Crippen molar-refractivity contribution in [1.29, 1.82) is 0 Å². The van der Waals surface area contributed by atoms with Crippen LogP contribution in [0.4, 0.5) is 0 Å². The number of hydrogen-bond acceptors (Lipinski definition) is 3. The molecule has 1 atom stereocenters. The van der Waals surface area contributed by atoms with Crippen molar-refractivity contribution in [2.75, 3.05) is 39.9 Å². The summed E-state index contributed by atoms with van der Waals surface area (Å²) in [5.41, 5.74) is 0. The number of nitrogens with one attached hydrogen (secondary N) is 1. The highest BCUT2D eigenvalue weighted by molar-refractivity contribution is 4.77. The highest BCUT2D eigenvalue weighted by atomic mass is 16.5. The van der Waals surface area contributed by atoms with E-state index >= 15 is 0 Å². The lowest BCUT2D eigenvalue weighted by atomic mass is 10.0. The molecule has 14 heavy (non-hydrogen) atoms. The fourth-order valence-corrected chi connectivity index (χ4v) is 2.09. The van der Waals surface area contributed by atoms with Gasteiger partial charge in [0.25, 0.3) is 0 Å². The van der Waals surface area contributed by atoms with Gasteiger partial charge >= 0.3 is 0 Å². The SMILES string of the molecule is COCC(C(C)C)N1CCCNCC1. The van der Waals surface area contributed by atoms with E-state index in [4.69, 9.17) is 4.74 Å². The van der Waals surface area contributed by atoms with Crippen LogP contribution in [0.3, 0.4) is 0 Å². The first-order chi connectivity index (χ1) is 6.75. The van der Waals surface area contributed by atoms with Crippen molar-refractivity contribution >= 4 is 0 Å². The van der Waals surface area contributed by atoms with Crippen molar-refractivity contribution < 1.29 is 4.74 Å². The van der Waals surface area contributed by atoms with Crippen LogP contribution < -0.4 is 5.32 Å². The van der Waals surface area contributed by atoms with E-state index in [2.05, 4.69) is 24.1 Å². The summed E-state index contributed by atoms with van der Waals surface area (Å²) >= 11 is 0. The number of methoxy groups -OCH3 is 1. The Morgan fingerprint density at radius 3 is 2.71 bits per heavy atom. The van der Waals surface area contributed by atoms with Gasteiger partial charge in [-0.25, -0.2) is 0 Å². The van der Waals surface area contributed by atoms with E-state index in [9.17, 15) is 0 Å². The van der Waals surface area contributed by atoms with Crippen LogP contribution in [0.25, 0.3) is 0 Å². The molecular weight excluding hydrogens is 176 g/mol. The molecule has 1 N–H and O–H groups in total. The van der Waals surface area contributed by atoms with Crippen LogP contribution in [0.1, 0.15) is 20.3 Å². The zero-order chi connectivity index (χ0) is 10.4. The van der Waals surface area contributed by atoms with Crippen molar-refractivity contribution in [3.05, 3.63) is 0 Å². The molecule has 1 fully saturated rings. The minimum atomic E-state index is 0.583. The highest BCUT2D eigenvalue weighted by Gasteiger charge is 2.22. The van der Waals surface area contributed by atoms with Gasteiger partial charge in [-0.15, -0.1) is 0 Å². The van der Waals surface area contributed by atoms with Gasteiger partial charge in [-0.05, 0) is 25.4 Å². The van der Waals surface area contributed by atoms with Crippen molar-refractivity contribution in [2.45, 2.75) is 26.3 Å². The van der Waals surface area contributed by atoms with Gasteiger partial charge in [0.1, 0.15) is 0 Å². The van der Waals surface area contributed by atoms with Crippen molar-refractivity contribution in [1.82, 2.24) is 10.2 Å². The normalized spacial score (nSPS) is 22.3. The Morgan fingerprint density at radius 1 is 1.29 bits per heavy atom.